The molecule has 96 valence electrons. The Kier molecular flexibility index (Phi) is 2.79. The van der Waals surface area contributed by atoms with Crippen molar-refractivity contribution in [3.63, 3.8) is 0 Å². The van der Waals surface area contributed by atoms with Crippen LogP contribution in [0.1, 0.15) is 11.9 Å². The molecule has 4 N–H and O–H groups in total. The molecule has 1 fully saturated rings. The summed E-state index contributed by atoms with van der Waals surface area (Å²) < 4.78 is 5.41. The van der Waals surface area contributed by atoms with Crippen LogP contribution < -0.4 is 0 Å². The number of ether oxygens (including phenoxy) is 1. The van der Waals surface area contributed by atoms with E-state index in [1.807, 2.05) is 24.3 Å². The fraction of sp³-hybridized carbons (Fsp3) is 0.417. The fourth-order valence-corrected chi connectivity index (χ4v) is 2.23. The van der Waals surface area contributed by atoms with Gasteiger partial charge >= 0.3 is 0 Å². The molecule has 0 bridgehead atoms. The molecule has 1 aromatic heterocycles. The van der Waals surface area contributed by atoms with Crippen molar-refractivity contribution in [2.45, 2.75) is 24.4 Å². The van der Waals surface area contributed by atoms with Crippen LogP contribution in [0.4, 0.5) is 0 Å². The first kappa shape index (κ1) is 11.6. The second-order valence-electron chi connectivity index (χ2n) is 4.40. The van der Waals surface area contributed by atoms with Gasteiger partial charge < -0.3 is 25.0 Å². The maximum atomic E-state index is 9.89. The molecule has 4 atom stereocenters. The Balaban J connectivity index is 1.95. The molecule has 6 nitrogen and oxygen atoms in total. The smallest absolute Gasteiger partial charge is 0.144 e. The predicted molar refractivity (Wildman–Crippen MR) is 62.8 cm³/mol. The van der Waals surface area contributed by atoms with Gasteiger partial charge in [0.1, 0.15) is 30.2 Å². The first-order valence-corrected chi connectivity index (χ1v) is 5.78. The number of aromatic amines is 1. The van der Waals surface area contributed by atoms with Crippen molar-refractivity contribution in [1.29, 1.82) is 0 Å². The number of nitrogens with zero attached hydrogens (tertiary/aromatic N) is 1. The molecular weight excluding hydrogens is 236 g/mol. The van der Waals surface area contributed by atoms with Crippen molar-refractivity contribution in [3.8, 4) is 0 Å². The predicted octanol–water partition coefficient (Wildman–Crippen LogP) is -0.283. The maximum Gasteiger partial charge on any atom is 0.144 e. The lowest BCUT2D eigenvalue weighted by molar-refractivity contribution is -0.0249. The molecule has 1 aliphatic rings. The van der Waals surface area contributed by atoms with Gasteiger partial charge in [0.05, 0.1) is 17.6 Å². The van der Waals surface area contributed by atoms with Gasteiger partial charge in [-0.05, 0) is 12.1 Å². The molecule has 0 spiro atoms. The van der Waals surface area contributed by atoms with E-state index >= 15 is 0 Å². The minimum Gasteiger partial charge on any atom is -0.394 e. The van der Waals surface area contributed by atoms with E-state index in [1.165, 1.54) is 0 Å². The number of hydrogen-bond donors (Lipinski definition) is 4. The van der Waals surface area contributed by atoms with Gasteiger partial charge in [-0.1, -0.05) is 12.1 Å². The molecule has 3 rings (SSSR count). The minimum absolute atomic E-state index is 0.338. The van der Waals surface area contributed by atoms with E-state index in [-0.39, 0.29) is 6.61 Å². The van der Waals surface area contributed by atoms with Crippen LogP contribution in [0, 0.1) is 0 Å². The number of fused-ring (bicyclic) bond motifs is 1. The molecule has 0 saturated carbocycles. The van der Waals surface area contributed by atoms with E-state index in [0.29, 0.717) is 5.82 Å². The number of H-pyrrole nitrogens is 1. The van der Waals surface area contributed by atoms with Crippen molar-refractivity contribution in [2.75, 3.05) is 6.61 Å². The summed E-state index contributed by atoms with van der Waals surface area (Å²) in [7, 11) is 0. The zero-order valence-corrected chi connectivity index (χ0v) is 9.52. The van der Waals surface area contributed by atoms with E-state index in [0.717, 1.165) is 11.0 Å². The molecule has 0 aliphatic carbocycles. The Hall–Kier alpha value is -1.47. The first-order valence-electron chi connectivity index (χ1n) is 5.78. The van der Waals surface area contributed by atoms with E-state index in [1.54, 1.807) is 0 Å². The number of benzene rings is 1. The summed E-state index contributed by atoms with van der Waals surface area (Å²) in [6.45, 7) is -0.338. The van der Waals surface area contributed by atoms with Gasteiger partial charge in [0.15, 0.2) is 0 Å². The number of imidazole rings is 1. The van der Waals surface area contributed by atoms with Crippen LogP contribution in [0.25, 0.3) is 11.0 Å². The van der Waals surface area contributed by atoms with Gasteiger partial charge in [0.2, 0.25) is 0 Å². The number of para-hydroxylation sites is 2. The lowest BCUT2D eigenvalue weighted by atomic mass is 10.1. The summed E-state index contributed by atoms with van der Waals surface area (Å²) in [5, 5.41) is 28.6. The molecule has 2 aromatic rings. The highest BCUT2D eigenvalue weighted by atomic mass is 16.6. The number of aromatic nitrogens is 2. The van der Waals surface area contributed by atoms with Gasteiger partial charge in [-0.2, -0.15) is 0 Å². The number of aliphatic hydroxyl groups is 3. The highest BCUT2D eigenvalue weighted by Gasteiger charge is 2.44. The zero-order valence-electron chi connectivity index (χ0n) is 9.52. The van der Waals surface area contributed by atoms with Crippen LogP contribution in [0.5, 0.6) is 0 Å². The quantitative estimate of drug-likeness (QED) is 0.587. The summed E-state index contributed by atoms with van der Waals surface area (Å²) >= 11 is 0. The highest BCUT2D eigenvalue weighted by Crippen LogP contribution is 2.32. The van der Waals surface area contributed by atoms with Crippen molar-refractivity contribution < 1.29 is 20.1 Å². The molecule has 0 amide bonds. The molecular formula is C12H14N2O4. The molecule has 18 heavy (non-hydrogen) atoms. The van der Waals surface area contributed by atoms with Crippen LogP contribution in [-0.2, 0) is 4.74 Å². The van der Waals surface area contributed by atoms with Crippen molar-refractivity contribution in [1.82, 2.24) is 9.97 Å². The SMILES string of the molecule is OC[C@@H]1O[C@@H](c2nc3ccccc3[nH]2)[C@H](O)[C@@H]1O. The largest absolute Gasteiger partial charge is 0.394 e. The molecule has 1 aliphatic heterocycles. The number of rotatable bonds is 2. The number of aliphatic hydroxyl groups excluding tert-OH is 3. The number of nitrogens with one attached hydrogen (secondary N) is 1. The van der Waals surface area contributed by atoms with Gasteiger partial charge in [-0.3, -0.25) is 0 Å². The van der Waals surface area contributed by atoms with E-state index in [2.05, 4.69) is 9.97 Å². The van der Waals surface area contributed by atoms with Gasteiger partial charge in [0.25, 0.3) is 0 Å². The average molecular weight is 250 g/mol. The standard InChI is InChI=1S/C12H14N2O4/c15-5-8-9(16)10(17)11(18-8)12-13-6-3-1-2-4-7(6)14-12/h1-4,8-11,15-17H,5H2,(H,13,14)/t8-,9+,10+,11+/m0/s1. The van der Waals surface area contributed by atoms with E-state index < -0.39 is 24.4 Å². The number of hydrogen-bond acceptors (Lipinski definition) is 5. The summed E-state index contributed by atoms with van der Waals surface area (Å²) in [5.41, 5.74) is 1.61. The van der Waals surface area contributed by atoms with Crippen LogP contribution >= 0.6 is 0 Å². The molecule has 6 heteroatoms. The summed E-state index contributed by atoms with van der Waals surface area (Å²) in [6, 6.07) is 7.45. The molecule has 0 radical (unpaired) electrons. The lowest BCUT2D eigenvalue weighted by Crippen LogP contribution is -2.32. The average Bonchev–Trinajstić information content (AvgIpc) is 2.92. The van der Waals surface area contributed by atoms with Gasteiger partial charge in [0, 0.05) is 0 Å². The van der Waals surface area contributed by atoms with E-state index in [9.17, 15) is 10.2 Å². The Morgan fingerprint density at radius 2 is 2.00 bits per heavy atom. The Morgan fingerprint density at radius 1 is 1.22 bits per heavy atom. The third-order valence-corrected chi connectivity index (χ3v) is 3.22. The topological polar surface area (TPSA) is 98.6 Å². The second kappa shape index (κ2) is 4.33. The molecule has 2 heterocycles. The first-order chi connectivity index (χ1) is 8.70. The Morgan fingerprint density at radius 3 is 2.67 bits per heavy atom. The fourth-order valence-electron chi connectivity index (χ4n) is 2.23. The van der Waals surface area contributed by atoms with Crippen LogP contribution in [0.2, 0.25) is 0 Å². The normalized spacial score (nSPS) is 32.2. The Labute approximate surface area is 103 Å². The highest BCUT2D eigenvalue weighted by molar-refractivity contribution is 5.74. The second-order valence-corrected chi connectivity index (χ2v) is 4.40. The van der Waals surface area contributed by atoms with E-state index in [4.69, 9.17) is 9.84 Å². The van der Waals surface area contributed by atoms with Crippen LogP contribution in [0.15, 0.2) is 24.3 Å². The molecule has 0 unspecified atom stereocenters. The van der Waals surface area contributed by atoms with Crippen LogP contribution in [0.3, 0.4) is 0 Å². The minimum atomic E-state index is -1.10. The molecule has 1 aromatic carbocycles. The summed E-state index contributed by atoms with van der Waals surface area (Å²) in [4.78, 5) is 7.36. The maximum absolute atomic E-state index is 9.89. The molecule has 1 saturated heterocycles. The van der Waals surface area contributed by atoms with Crippen LogP contribution in [-0.4, -0.2) is 50.2 Å². The van der Waals surface area contributed by atoms with Gasteiger partial charge in [-0.15, -0.1) is 0 Å². The summed E-state index contributed by atoms with van der Waals surface area (Å²) in [6.07, 6.45) is -3.72. The summed E-state index contributed by atoms with van der Waals surface area (Å²) in [5.74, 6) is 0.457. The lowest BCUT2D eigenvalue weighted by Gasteiger charge is -2.11. The van der Waals surface area contributed by atoms with Crippen molar-refractivity contribution in [3.05, 3.63) is 30.1 Å². The monoisotopic (exact) mass is 250 g/mol. The van der Waals surface area contributed by atoms with Crippen molar-refractivity contribution in [2.24, 2.45) is 0 Å². The third-order valence-electron chi connectivity index (χ3n) is 3.22. The zero-order chi connectivity index (χ0) is 12.7. The van der Waals surface area contributed by atoms with Gasteiger partial charge in [-0.25, -0.2) is 4.98 Å². The van der Waals surface area contributed by atoms with Crippen molar-refractivity contribution >= 4 is 11.0 Å². The third kappa shape index (κ3) is 1.70. The Bertz CT molecular complexity index is 523.